The molecule has 2 rings (SSSR count). The number of anilines is 3. The van der Waals surface area contributed by atoms with Crippen LogP contribution in [0.15, 0.2) is 28.9 Å². The second-order valence-corrected chi connectivity index (χ2v) is 4.93. The molecule has 0 fully saturated rings. The predicted octanol–water partition coefficient (Wildman–Crippen LogP) is 3.29. The Bertz CT molecular complexity index is 684. The summed E-state index contributed by atoms with van der Waals surface area (Å²) in [4.78, 5) is 8.53. The van der Waals surface area contributed by atoms with Crippen LogP contribution in [0, 0.1) is 11.3 Å². The fraction of sp³-hybridized carbons (Fsp3) is 0.214. The summed E-state index contributed by atoms with van der Waals surface area (Å²) in [5.41, 5.74) is 1.26. The summed E-state index contributed by atoms with van der Waals surface area (Å²) < 4.78 is 6.02. The Hall–Kier alpha value is -2.33. The summed E-state index contributed by atoms with van der Waals surface area (Å²) in [7, 11) is 1.56. The lowest BCUT2D eigenvalue weighted by molar-refractivity contribution is 0.416. The highest BCUT2D eigenvalue weighted by molar-refractivity contribution is 9.10. The van der Waals surface area contributed by atoms with Gasteiger partial charge in [-0.25, -0.2) is 4.98 Å². The van der Waals surface area contributed by atoms with Crippen LogP contribution in [0.2, 0.25) is 0 Å². The van der Waals surface area contributed by atoms with Gasteiger partial charge in [-0.3, -0.25) is 0 Å². The summed E-state index contributed by atoms with van der Waals surface area (Å²) >= 11 is 3.41. The SMILES string of the molecule is CCNc1ncc(Br)c(Nc2ccc(C#N)cc2OC)n1. The van der Waals surface area contributed by atoms with Gasteiger partial charge in [-0.15, -0.1) is 0 Å². The van der Waals surface area contributed by atoms with Crippen LogP contribution in [0.1, 0.15) is 12.5 Å². The third-order valence-electron chi connectivity index (χ3n) is 2.66. The van der Waals surface area contributed by atoms with E-state index in [4.69, 9.17) is 10.00 Å². The van der Waals surface area contributed by atoms with Crippen molar-refractivity contribution in [1.82, 2.24) is 9.97 Å². The number of hydrogen-bond acceptors (Lipinski definition) is 6. The van der Waals surface area contributed by atoms with Gasteiger partial charge in [-0.05, 0) is 35.0 Å². The van der Waals surface area contributed by atoms with E-state index in [1.807, 2.05) is 6.92 Å². The van der Waals surface area contributed by atoms with E-state index >= 15 is 0 Å². The van der Waals surface area contributed by atoms with Crippen molar-refractivity contribution in [2.45, 2.75) is 6.92 Å². The molecule has 0 bridgehead atoms. The molecule has 108 valence electrons. The Balaban J connectivity index is 2.33. The van der Waals surface area contributed by atoms with Crippen molar-refractivity contribution in [2.75, 3.05) is 24.3 Å². The lowest BCUT2D eigenvalue weighted by Gasteiger charge is -2.12. The van der Waals surface area contributed by atoms with Gasteiger partial charge in [0, 0.05) is 18.8 Å². The van der Waals surface area contributed by atoms with E-state index < -0.39 is 0 Å². The van der Waals surface area contributed by atoms with Crippen LogP contribution in [0.5, 0.6) is 5.75 Å². The van der Waals surface area contributed by atoms with Gasteiger partial charge in [0.25, 0.3) is 0 Å². The molecule has 21 heavy (non-hydrogen) atoms. The molecule has 7 heteroatoms. The number of nitrogens with one attached hydrogen (secondary N) is 2. The quantitative estimate of drug-likeness (QED) is 0.863. The van der Waals surface area contributed by atoms with E-state index in [2.05, 4.69) is 42.6 Å². The maximum atomic E-state index is 8.92. The standard InChI is InChI=1S/C14H14BrN5O/c1-3-17-14-18-8-10(15)13(20-14)19-11-5-4-9(7-16)6-12(11)21-2/h4-6,8H,3H2,1-2H3,(H2,17,18,19,20). The molecule has 0 atom stereocenters. The summed E-state index contributed by atoms with van der Waals surface area (Å²) in [6, 6.07) is 7.24. The summed E-state index contributed by atoms with van der Waals surface area (Å²) in [5, 5.41) is 15.1. The average Bonchev–Trinajstić information content (AvgIpc) is 2.51. The Labute approximate surface area is 131 Å². The Morgan fingerprint density at radius 3 is 2.90 bits per heavy atom. The molecule has 2 aromatic rings. The number of nitrogens with zero attached hydrogens (tertiary/aromatic N) is 3. The number of rotatable bonds is 5. The third-order valence-corrected chi connectivity index (χ3v) is 3.24. The lowest BCUT2D eigenvalue weighted by Crippen LogP contribution is -2.05. The van der Waals surface area contributed by atoms with Crippen molar-refractivity contribution in [2.24, 2.45) is 0 Å². The van der Waals surface area contributed by atoms with Crippen LogP contribution in [0.4, 0.5) is 17.5 Å². The van der Waals surface area contributed by atoms with E-state index in [-0.39, 0.29) is 0 Å². The average molecular weight is 348 g/mol. The van der Waals surface area contributed by atoms with Crippen LogP contribution in [0.3, 0.4) is 0 Å². The minimum Gasteiger partial charge on any atom is -0.495 e. The van der Waals surface area contributed by atoms with Gasteiger partial charge < -0.3 is 15.4 Å². The number of hydrogen-bond donors (Lipinski definition) is 2. The zero-order valence-corrected chi connectivity index (χ0v) is 13.2. The smallest absolute Gasteiger partial charge is 0.224 e. The van der Waals surface area contributed by atoms with Crippen molar-refractivity contribution >= 4 is 33.4 Å². The fourth-order valence-corrected chi connectivity index (χ4v) is 1.98. The van der Waals surface area contributed by atoms with E-state index in [0.29, 0.717) is 23.1 Å². The second kappa shape index (κ2) is 6.90. The number of aromatic nitrogens is 2. The summed E-state index contributed by atoms with van der Waals surface area (Å²) in [6.45, 7) is 2.71. The first kappa shape index (κ1) is 15.1. The highest BCUT2D eigenvalue weighted by atomic mass is 79.9. The molecular weight excluding hydrogens is 334 g/mol. The van der Waals surface area contributed by atoms with Gasteiger partial charge in [0.05, 0.1) is 28.9 Å². The first-order valence-corrected chi connectivity index (χ1v) is 7.08. The largest absolute Gasteiger partial charge is 0.495 e. The van der Waals surface area contributed by atoms with E-state index in [9.17, 15) is 0 Å². The van der Waals surface area contributed by atoms with Gasteiger partial charge in [0.1, 0.15) is 11.6 Å². The van der Waals surface area contributed by atoms with Gasteiger partial charge >= 0.3 is 0 Å². The Kier molecular flexibility index (Phi) is 4.95. The molecule has 6 nitrogen and oxygen atoms in total. The highest BCUT2D eigenvalue weighted by Gasteiger charge is 2.09. The monoisotopic (exact) mass is 347 g/mol. The van der Waals surface area contributed by atoms with Crippen LogP contribution in [0.25, 0.3) is 0 Å². The van der Waals surface area contributed by atoms with Crippen LogP contribution in [-0.2, 0) is 0 Å². The van der Waals surface area contributed by atoms with Gasteiger partial charge in [0.2, 0.25) is 5.95 Å². The molecule has 1 heterocycles. The Morgan fingerprint density at radius 2 is 2.24 bits per heavy atom. The van der Waals surface area contributed by atoms with Gasteiger partial charge in [-0.1, -0.05) is 0 Å². The number of ether oxygens (including phenoxy) is 1. The molecule has 1 aromatic heterocycles. The minimum atomic E-state index is 0.535. The molecule has 0 aliphatic heterocycles. The lowest BCUT2D eigenvalue weighted by atomic mass is 10.2. The normalized spacial score (nSPS) is 9.81. The number of benzene rings is 1. The number of methoxy groups -OCH3 is 1. The topological polar surface area (TPSA) is 82.9 Å². The van der Waals surface area contributed by atoms with E-state index in [0.717, 1.165) is 16.7 Å². The molecule has 0 aliphatic carbocycles. The van der Waals surface area contributed by atoms with Crippen molar-refractivity contribution in [3.05, 3.63) is 34.4 Å². The molecule has 0 saturated carbocycles. The second-order valence-electron chi connectivity index (χ2n) is 4.07. The first-order valence-electron chi connectivity index (χ1n) is 6.29. The fourth-order valence-electron chi connectivity index (χ4n) is 1.69. The first-order chi connectivity index (χ1) is 10.2. The maximum Gasteiger partial charge on any atom is 0.224 e. The maximum absolute atomic E-state index is 8.92. The molecule has 0 spiro atoms. The minimum absolute atomic E-state index is 0.535. The summed E-state index contributed by atoms with van der Waals surface area (Å²) in [5.74, 6) is 1.73. The zero-order chi connectivity index (χ0) is 15.2. The van der Waals surface area contributed by atoms with Gasteiger partial charge in [-0.2, -0.15) is 10.2 Å². The molecule has 1 aromatic carbocycles. The van der Waals surface area contributed by atoms with Crippen molar-refractivity contribution in [3.8, 4) is 11.8 Å². The highest BCUT2D eigenvalue weighted by Crippen LogP contribution is 2.31. The van der Waals surface area contributed by atoms with Crippen LogP contribution >= 0.6 is 15.9 Å². The number of nitriles is 1. The molecule has 0 unspecified atom stereocenters. The van der Waals surface area contributed by atoms with E-state index in [1.54, 1.807) is 31.5 Å². The third kappa shape index (κ3) is 3.61. The number of halogens is 1. The van der Waals surface area contributed by atoms with E-state index in [1.165, 1.54) is 0 Å². The zero-order valence-electron chi connectivity index (χ0n) is 11.6. The van der Waals surface area contributed by atoms with Crippen LogP contribution < -0.4 is 15.4 Å². The molecule has 0 aliphatic rings. The molecular formula is C14H14BrN5O. The summed E-state index contributed by atoms with van der Waals surface area (Å²) in [6.07, 6.45) is 1.67. The molecule has 0 amide bonds. The molecule has 2 N–H and O–H groups in total. The predicted molar refractivity (Wildman–Crippen MR) is 84.9 cm³/mol. The van der Waals surface area contributed by atoms with Crippen LogP contribution in [-0.4, -0.2) is 23.6 Å². The van der Waals surface area contributed by atoms with Crippen molar-refractivity contribution in [1.29, 1.82) is 5.26 Å². The molecule has 0 saturated heterocycles. The van der Waals surface area contributed by atoms with Crippen molar-refractivity contribution in [3.63, 3.8) is 0 Å². The van der Waals surface area contributed by atoms with Gasteiger partial charge in [0.15, 0.2) is 0 Å². The molecule has 0 radical (unpaired) electrons. The van der Waals surface area contributed by atoms with Crippen molar-refractivity contribution < 1.29 is 4.74 Å². The Morgan fingerprint density at radius 1 is 1.43 bits per heavy atom.